The summed E-state index contributed by atoms with van der Waals surface area (Å²) in [7, 11) is 5.93. The highest BCUT2D eigenvalue weighted by Gasteiger charge is 2.31. The van der Waals surface area contributed by atoms with Crippen LogP contribution < -0.4 is 11.1 Å². The molecule has 1 fully saturated rings. The summed E-state index contributed by atoms with van der Waals surface area (Å²) in [5, 5.41) is 3.25. The molecular formula is C41H61N5O2. The number of nitrogens with two attached hydrogens (primary N) is 1. The SMILES string of the molecule is C=C([C@@H](Cc1ccc(/C=C\C)c(C)c1)N(C)C(=O)/C=C/CC(N)(CC)CC)N(C)C(Cc1ccccc1)C(=O)NCCC1CCCN1C. The van der Waals surface area contributed by atoms with Gasteiger partial charge in [0.15, 0.2) is 0 Å². The van der Waals surface area contributed by atoms with Crippen molar-refractivity contribution in [2.75, 3.05) is 34.2 Å². The Morgan fingerprint density at radius 1 is 1.06 bits per heavy atom. The summed E-state index contributed by atoms with van der Waals surface area (Å²) in [6, 6.07) is 16.2. The molecule has 3 rings (SSSR count). The van der Waals surface area contributed by atoms with Crippen molar-refractivity contribution in [3.8, 4) is 0 Å². The topological polar surface area (TPSA) is 81.9 Å². The Hall–Kier alpha value is -3.68. The van der Waals surface area contributed by atoms with E-state index in [1.165, 1.54) is 24.0 Å². The van der Waals surface area contributed by atoms with Gasteiger partial charge in [-0.1, -0.05) is 87.2 Å². The standard InChI is InChI=1S/C41H61N5O2/c1-9-17-35-23-22-34(28-31(35)4)30-37(46(8)39(47)21-15-25-41(42,10-2)11-3)32(5)45(7)38(29-33-18-13-12-14-19-33)40(48)43-26-24-36-20-16-27-44(36)6/h9,12-15,17-19,21-23,28,36-38H,5,10-11,16,20,24-27,29-30,42H2,1-4,6-8H3,(H,43,48)/b17-9-,21-15+/t36?,37-,38?/m1/s1. The summed E-state index contributed by atoms with van der Waals surface area (Å²) < 4.78 is 0. The van der Waals surface area contributed by atoms with Gasteiger partial charge >= 0.3 is 0 Å². The molecule has 0 radical (unpaired) electrons. The number of benzene rings is 2. The lowest BCUT2D eigenvalue weighted by molar-refractivity contribution is -0.126. The van der Waals surface area contributed by atoms with Crippen LogP contribution in [0, 0.1) is 6.92 Å². The van der Waals surface area contributed by atoms with Gasteiger partial charge in [0, 0.05) is 44.3 Å². The van der Waals surface area contributed by atoms with Crippen LogP contribution in [0.3, 0.4) is 0 Å². The largest absolute Gasteiger partial charge is 0.365 e. The van der Waals surface area contributed by atoms with E-state index in [2.05, 4.69) is 81.0 Å². The van der Waals surface area contributed by atoms with E-state index in [1.807, 2.05) is 56.3 Å². The number of hydrogen-bond acceptors (Lipinski definition) is 5. The minimum atomic E-state index is -0.492. The number of carbonyl (C=O) groups excluding carboxylic acids is 2. The van der Waals surface area contributed by atoms with Gasteiger partial charge in [-0.05, 0) is 101 Å². The van der Waals surface area contributed by atoms with Gasteiger partial charge in [-0.2, -0.15) is 0 Å². The zero-order valence-electron chi connectivity index (χ0n) is 30.7. The third-order valence-electron chi connectivity index (χ3n) is 10.4. The lowest BCUT2D eigenvalue weighted by Crippen LogP contribution is -2.51. The normalized spacial score (nSPS) is 16.7. The molecule has 7 heteroatoms. The van der Waals surface area contributed by atoms with Crippen molar-refractivity contribution < 1.29 is 9.59 Å². The quantitative estimate of drug-likeness (QED) is 0.179. The van der Waals surface area contributed by atoms with Crippen LogP contribution in [0.4, 0.5) is 0 Å². The van der Waals surface area contributed by atoms with Gasteiger partial charge in [-0.3, -0.25) is 9.59 Å². The number of aryl methyl sites for hydroxylation is 1. The zero-order chi connectivity index (χ0) is 35.3. The summed E-state index contributed by atoms with van der Waals surface area (Å²) in [4.78, 5) is 33.8. The number of likely N-dealkylation sites (N-methyl/N-ethyl adjacent to an activating group) is 2. The van der Waals surface area contributed by atoms with Crippen LogP contribution in [0.25, 0.3) is 6.08 Å². The molecule has 3 atom stereocenters. The monoisotopic (exact) mass is 655 g/mol. The molecule has 2 aromatic rings. The van der Waals surface area contributed by atoms with Gasteiger partial charge in [0.1, 0.15) is 6.04 Å². The highest BCUT2D eigenvalue weighted by atomic mass is 16.2. The molecule has 48 heavy (non-hydrogen) atoms. The van der Waals surface area contributed by atoms with Crippen LogP contribution in [0.5, 0.6) is 0 Å². The molecule has 7 nitrogen and oxygen atoms in total. The third-order valence-corrected chi connectivity index (χ3v) is 10.4. The Labute approximate surface area is 290 Å². The lowest BCUT2D eigenvalue weighted by atomic mass is 9.90. The van der Waals surface area contributed by atoms with Gasteiger partial charge < -0.3 is 25.8 Å². The molecule has 2 amide bonds. The average molecular weight is 656 g/mol. The van der Waals surface area contributed by atoms with E-state index in [-0.39, 0.29) is 23.4 Å². The van der Waals surface area contributed by atoms with Crippen LogP contribution in [0.1, 0.15) is 81.5 Å². The minimum Gasteiger partial charge on any atom is -0.365 e. The molecule has 1 heterocycles. The molecule has 0 aliphatic carbocycles. The summed E-state index contributed by atoms with van der Waals surface area (Å²) >= 11 is 0. The Bertz CT molecular complexity index is 1400. The molecule has 2 unspecified atom stereocenters. The molecule has 0 spiro atoms. The molecule has 3 N–H and O–H groups in total. The number of allylic oxidation sites excluding steroid dienone is 1. The number of nitrogens with zero attached hydrogens (tertiary/aromatic N) is 3. The van der Waals surface area contributed by atoms with Gasteiger partial charge in [0.05, 0.1) is 6.04 Å². The van der Waals surface area contributed by atoms with Gasteiger partial charge in [0.2, 0.25) is 11.8 Å². The lowest BCUT2D eigenvalue weighted by Gasteiger charge is -2.38. The second-order valence-electron chi connectivity index (χ2n) is 13.7. The number of amides is 2. The summed E-state index contributed by atoms with van der Waals surface area (Å²) in [6.45, 7) is 14.6. The molecule has 1 saturated heterocycles. The Balaban J connectivity index is 1.90. The van der Waals surface area contributed by atoms with E-state index < -0.39 is 6.04 Å². The summed E-state index contributed by atoms with van der Waals surface area (Å²) in [5.41, 5.74) is 11.4. The van der Waals surface area contributed by atoms with Crippen LogP contribution in [-0.4, -0.2) is 84.4 Å². The molecule has 262 valence electrons. The molecule has 0 aromatic heterocycles. The zero-order valence-corrected chi connectivity index (χ0v) is 30.7. The van der Waals surface area contributed by atoms with Gasteiger partial charge in [-0.25, -0.2) is 0 Å². The molecule has 0 saturated carbocycles. The van der Waals surface area contributed by atoms with Crippen molar-refractivity contribution in [1.29, 1.82) is 0 Å². The fraction of sp³-hybridized carbons (Fsp3) is 0.512. The number of likely N-dealkylation sites (tertiary alicyclic amines) is 1. The van der Waals surface area contributed by atoms with Crippen LogP contribution >= 0.6 is 0 Å². The maximum absolute atomic E-state index is 14.0. The van der Waals surface area contributed by atoms with Crippen LogP contribution in [-0.2, 0) is 22.4 Å². The van der Waals surface area contributed by atoms with Crippen molar-refractivity contribution in [3.05, 3.63) is 101 Å². The smallest absolute Gasteiger partial charge is 0.246 e. The second kappa shape index (κ2) is 18.8. The molecule has 1 aliphatic rings. The third kappa shape index (κ3) is 10.9. The molecule has 2 aromatic carbocycles. The number of rotatable bonds is 18. The molecule has 0 bridgehead atoms. The average Bonchev–Trinajstić information content (AvgIpc) is 3.50. The van der Waals surface area contributed by atoms with Gasteiger partial charge in [0.25, 0.3) is 0 Å². The van der Waals surface area contributed by atoms with E-state index in [9.17, 15) is 9.59 Å². The Kier molecular flexibility index (Phi) is 15.1. The predicted molar refractivity (Wildman–Crippen MR) is 202 cm³/mol. The highest BCUT2D eigenvalue weighted by Crippen LogP contribution is 2.24. The van der Waals surface area contributed by atoms with Crippen molar-refractivity contribution in [3.63, 3.8) is 0 Å². The van der Waals surface area contributed by atoms with Crippen molar-refractivity contribution in [1.82, 2.24) is 20.0 Å². The first-order chi connectivity index (χ1) is 22.9. The first kappa shape index (κ1) is 38.8. The van der Waals surface area contributed by atoms with Crippen LogP contribution in [0.2, 0.25) is 0 Å². The number of hydrogen-bond donors (Lipinski definition) is 2. The van der Waals surface area contributed by atoms with Gasteiger partial charge in [-0.15, -0.1) is 0 Å². The minimum absolute atomic E-state index is 0.0271. The summed E-state index contributed by atoms with van der Waals surface area (Å²) in [6.07, 6.45) is 14.4. The van der Waals surface area contributed by atoms with Crippen molar-refractivity contribution in [2.24, 2.45) is 5.73 Å². The van der Waals surface area contributed by atoms with Crippen molar-refractivity contribution >= 4 is 17.9 Å². The van der Waals surface area contributed by atoms with E-state index in [0.717, 1.165) is 42.6 Å². The fourth-order valence-electron chi connectivity index (χ4n) is 6.64. The highest BCUT2D eigenvalue weighted by molar-refractivity contribution is 5.88. The molecule has 1 aliphatic heterocycles. The Morgan fingerprint density at radius 3 is 2.35 bits per heavy atom. The maximum atomic E-state index is 14.0. The second-order valence-corrected chi connectivity index (χ2v) is 13.7. The van der Waals surface area contributed by atoms with E-state index in [1.54, 1.807) is 11.0 Å². The molecular weight excluding hydrogens is 594 g/mol. The van der Waals surface area contributed by atoms with E-state index in [4.69, 9.17) is 5.73 Å². The number of nitrogens with one attached hydrogen (secondary N) is 1. The predicted octanol–water partition coefficient (Wildman–Crippen LogP) is 6.52. The first-order valence-electron chi connectivity index (χ1n) is 17.8. The van der Waals surface area contributed by atoms with E-state index in [0.29, 0.717) is 31.8 Å². The number of carbonyl (C=O) groups is 2. The summed E-state index contributed by atoms with van der Waals surface area (Å²) in [5.74, 6) is -0.142. The van der Waals surface area contributed by atoms with Crippen LogP contribution in [0.15, 0.2) is 79.0 Å². The fourth-order valence-corrected chi connectivity index (χ4v) is 6.64. The maximum Gasteiger partial charge on any atom is 0.246 e. The first-order valence-corrected chi connectivity index (χ1v) is 17.8. The van der Waals surface area contributed by atoms with Crippen molar-refractivity contribution in [2.45, 2.75) is 103 Å². The Morgan fingerprint density at radius 2 is 1.75 bits per heavy atom. The van der Waals surface area contributed by atoms with E-state index >= 15 is 0 Å².